The maximum Gasteiger partial charge on any atom is 0.155 e. The molecule has 0 bridgehead atoms. The third-order valence-electron chi connectivity index (χ3n) is 4.09. The molecular formula is C16H16Cl2N2O. The zero-order chi connectivity index (χ0) is 14.8. The van der Waals surface area contributed by atoms with Crippen LogP contribution in [0, 0.1) is 0 Å². The first-order valence-electron chi connectivity index (χ1n) is 7.15. The van der Waals surface area contributed by atoms with E-state index in [4.69, 9.17) is 23.2 Å². The number of nitrogens with zero attached hydrogens (tertiary/aromatic N) is 2. The molecule has 5 heteroatoms. The molecule has 3 rings (SSSR count). The predicted molar refractivity (Wildman–Crippen MR) is 84.4 cm³/mol. The van der Waals surface area contributed by atoms with Gasteiger partial charge in [-0.05, 0) is 24.5 Å². The highest BCUT2D eigenvalue weighted by Gasteiger charge is 2.26. The molecule has 0 radical (unpaired) electrons. The maximum atomic E-state index is 11.4. The minimum Gasteiger partial charge on any atom is -0.298 e. The normalized spacial score (nSPS) is 15.5. The fraction of sp³-hybridized carbons (Fsp3) is 0.375. The van der Waals surface area contributed by atoms with Crippen molar-refractivity contribution in [2.45, 2.75) is 38.1 Å². The van der Waals surface area contributed by atoms with Crippen LogP contribution in [-0.2, 0) is 6.54 Å². The van der Waals surface area contributed by atoms with E-state index in [0.29, 0.717) is 28.2 Å². The number of hydrogen-bond donors (Lipinski definition) is 0. The summed E-state index contributed by atoms with van der Waals surface area (Å²) in [4.78, 5) is 11.4. The van der Waals surface area contributed by atoms with Gasteiger partial charge in [0.05, 0.1) is 17.8 Å². The van der Waals surface area contributed by atoms with Crippen molar-refractivity contribution in [3.05, 3.63) is 51.3 Å². The molecule has 21 heavy (non-hydrogen) atoms. The molecule has 1 aliphatic carbocycles. The van der Waals surface area contributed by atoms with Crippen LogP contribution >= 0.6 is 23.2 Å². The van der Waals surface area contributed by atoms with E-state index in [1.54, 1.807) is 4.68 Å². The van der Waals surface area contributed by atoms with Gasteiger partial charge in [-0.15, -0.1) is 0 Å². The van der Waals surface area contributed by atoms with E-state index >= 15 is 0 Å². The largest absolute Gasteiger partial charge is 0.298 e. The number of hydrogen-bond acceptors (Lipinski definition) is 2. The Hall–Kier alpha value is -1.32. The van der Waals surface area contributed by atoms with Crippen LogP contribution in [-0.4, -0.2) is 16.1 Å². The van der Waals surface area contributed by atoms with Crippen molar-refractivity contribution in [3.8, 4) is 0 Å². The van der Waals surface area contributed by atoms with E-state index < -0.39 is 0 Å². The first-order valence-corrected chi connectivity index (χ1v) is 7.91. The average molecular weight is 323 g/mol. The summed E-state index contributed by atoms with van der Waals surface area (Å²) in [5.41, 5.74) is 2.33. The molecule has 1 saturated carbocycles. The zero-order valence-electron chi connectivity index (χ0n) is 11.6. The van der Waals surface area contributed by atoms with Crippen molar-refractivity contribution in [2.24, 2.45) is 0 Å². The highest BCUT2D eigenvalue weighted by molar-refractivity contribution is 6.32. The van der Waals surface area contributed by atoms with Gasteiger partial charge in [-0.1, -0.05) is 54.2 Å². The molecule has 0 N–H and O–H groups in total. The Bertz CT molecular complexity index is 660. The molecule has 0 atom stereocenters. The van der Waals surface area contributed by atoms with Crippen LogP contribution in [0.5, 0.6) is 0 Å². The number of carbonyl (C=O) groups excluding carboxylic acids is 1. The van der Waals surface area contributed by atoms with Gasteiger partial charge in [0, 0.05) is 10.9 Å². The molecule has 1 aromatic carbocycles. The van der Waals surface area contributed by atoms with Crippen LogP contribution in [0.25, 0.3) is 0 Å². The van der Waals surface area contributed by atoms with Crippen LogP contribution in [0.15, 0.2) is 24.3 Å². The van der Waals surface area contributed by atoms with Gasteiger partial charge in [0.15, 0.2) is 6.29 Å². The van der Waals surface area contributed by atoms with Crippen LogP contribution in [0.4, 0.5) is 0 Å². The number of halogens is 2. The van der Waals surface area contributed by atoms with Gasteiger partial charge < -0.3 is 0 Å². The van der Waals surface area contributed by atoms with E-state index in [1.807, 2.05) is 24.3 Å². The summed E-state index contributed by atoms with van der Waals surface area (Å²) in [5.74, 6) is 0.357. The first kappa shape index (κ1) is 14.6. The lowest BCUT2D eigenvalue weighted by Crippen LogP contribution is -2.04. The van der Waals surface area contributed by atoms with E-state index in [9.17, 15) is 4.79 Å². The molecule has 1 aliphatic rings. The SMILES string of the molecule is O=Cc1c(C2CCCC2)nn(Cc2ccccc2Cl)c1Cl. The van der Waals surface area contributed by atoms with Gasteiger partial charge in [0.1, 0.15) is 5.15 Å². The third kappa shape index (κ3) is 2.85. The Morgan fingerprint density at radius 1 is 1.24 bits per heavy atom. The maximum absolute atomic E-state index is 11.4. The molecule has 0 aliphatic heterocycles. The third-order valence-corrected chi connectivity index (χ3v) is 4.86. The van der Waals surface area contributed by atoms with Crippen molar-refractivity contribution in [2.75, 3.05) is 0 Å². The standard InChI is InChI=1S/C16H16Cl2N2O/c17-14-8-4-3-7-12(14)9-20-16(18)13(10-21)15(19-20)11-5-1-2-6-11/h3-4,7-8,10-11H,1-2,5-6,9H2. The molecule has 1 heterocycles. The molecule has 1 aromatic heterocycles. The number of aldehydes is 1. The molecule has 1 fully saturated rings. The lowest BCUT2D eigenvalue weighted by atomic mass is 10.0. The van der Waals surface area contributed by atoms with Crippen molar-refractivity contribution >= 4 is 29.5 Å². The predicted octanol–water partition coefficient (Wildman–Crippen LogP) is 4.71. The monoisotopic (exact) mass is 322 g/mol. The van der Waals surface area contributed by atoms with E-state index in [0.717, 1.165) is 30.4 Å². The minimum absolute atomic E-state index is 0.357. The highest BCUT2D eigenvalue weighted by atomic mass is 35.5. The quantitative estimate of drug-likeness (QED) is 0.764. The van der Waals surface area contributed by atoms with Crippen LogP contribution in [0.3, 0.4) is 0 Å². The molecule has 0 unspecified atom stereocenters. The van der Waals surface area contributed by atoms with Gasteiger partial charge in [-0.2, -0.15) is 5.10 Å². The Morgan fingerprint density at radius 2 is 1.95 bits per heavy atom. The molecule has 3 nitrogen and oxygen atoms in total. The average Bonchev–Trinajstić information content (AvgIpc) is 3.10. The van der Waals surface area contributed by atoms with Crippen molar-refractivity contribution in [3.63, 3.8) is 0 Å². The summed E-state index contributed by atoms with van der Waals surface area (Å²) < 4.78 is 1.68. The first-order chi connectivity index (χ1) is 10.2. The second kappa shape index (κ2) is 6.20. The number of benzene rings is 1. The Morgan fingerprint density at radius 3 is 2.62 bits per heavy atom. The summed E-state index contributed by atoms with van der Waals surface area (Å²) >= 11 is 12.5. The fourth-order valence-electron chi connectivity index (χ4n) is 2.98. The van der Waals surface area contributed by atoms with E-state index in [-0.39, 0.29) is 0 Å². The topological polar surface area (TPSA) is 34.9 Å². The molecule has 110 valence electrons. The summed E-state index contributed by atoms with van der Waals surface area (Å²) in [6.45, 7) is 0.478. The molecular weight excluding hydrogens is 307 g/mol. The summed E-state index contributed by atoms with van der Waals surface area (Å²) in [6.07, 6.45) is 5.38. The number of rotatable bonds is 4. The lowest BCUT2D eigenvalue weighted by Gasteiger charge is -2.06. The smallest absolute Gasteiger partial charge is 0.155 e. The zero-order valence-corrected chi connectivity index (χ0v) is 13.1. The summed E-state index contributed by atoms with van der Waals surface area (Å²) in [7, 11) is 0. The van der Waals surface area contributed by atoms with Crippen LogP contribution < -0.4 is 0 Å². The van der Waals surface area contributed by atoms with Gasteiger partial charge in [0.2, 0.25) is 0 Å². The van der Waals surface area contributed by atoms with Gasteiger partial charge in [0.25, 0.3) is 0 Å². The van der Waals surface area contributed by atoms with Crippen LogP contribution in [0.2, 0.25) is 10.2 Å². The van der Waals surface area contributed by atoms with Crippen molar-refractivity contribution in [1.82, 2.24) is 9.78 Å². The molecule has 0 saturated heterocycles. The summed E-state index contributed by atoms with van der Waals surface area (Å²) in [6, 6.07) is 7.59. The van der Waals surface area contributed by atoms with E-state index in [1.165, 1.54) is 12.8 Å². The van der Waals surface area contributed by atoms with Crippen LogP contribution in [0.1, 0.15) is 53.2 Å². The van der Waals surface area contributed by atoms with Crippen molar-refractivity contribution in [1.29, 1.82) is 0 Å². The van der Waals surface area contributed by atoms with Crippen molar-refractivity contribution < 1.29 is 4.79 Å². The Kier molecular flexibility index (Phi) is 4.32. The van der Waals surface area contributed by atoms with Gasteiger partial charge in [-0.25, -0.2) is 4.68 Å². The summed E-state index contributed by atoms with van der Waals surface area (Å²) in [5, 5.41) is 5.68. The Balaban J connectivity index is 1.96. The molecule has 0 spiro atoms. The fourth-order valence-corrected chi connectivity index (χ4v) is 3.41. The molecule has 0 amide bonds. The minimum atomic E-state index is 0.357. The highest BCUT2D eigenvalue weighted by Crippen LogP contribution is 2.36. The van der Waals surface area contributed by atoms with E-state index in [2.05, 4.69) is 5.10 Å². The number of aromatic nitrogens is 2. The van der Waals surface area contributed by atoms with Gasteiger partial charge >= 0.3 is 0 Å². The Labute approximate surface area is 133 Å². The number of carbonyl (C=O) groups is 1. The lowest BCUT2D eigenvalue weighted by molar-refractivity contribution is 0.112. The second-order valence-corrected chi connectivity index (χ2v) is 6.20. The second-order valence-electron chi connectivity index (χ2n) is 5.44. The van der Waals surface area contributed by atoms with Gasteiger partial charge in [-0.3, -0.25) is 4.79 Å². The molecule has 2 aromatic rings.